The molecule has 8 nitrogen and oxygen atoms in total. The monoisotopic (exact) mass is 378 g/mol. The Morgan fingerprint density at radius 2 is 1.33 bits per heavy atom. The summed E-state index contributed by atoms with van der Waals surface area (Å²) in [5, 5.41) is 16.0. The first-order valence-corrected chi connectivity index (χ1v) is 8.71. The van der Waals surface area contributed by atoms with Crippen molar-refractivity contribution in [2.75, 3.05) is 0 Å². The first-order chi connectivity index (χ1) is 13.0. The predicted octanol–water partition coefficient (Wildman–Crippen LogP) is 1.78. The van der Waals surface area contributed by atoms with E-state index in [2.05, 4.69) is 26.5 Å². The van der Waals surface area contributed by atoms with Crippen LogP contribution in [0, 0.1) is 0 Å². The zero-order valence-corrected chi connectivity index (χ0v) is 15.1. The first-order valence-electron chi connectivity index (χ1n) is 7.89. The van der Waals surface area contributed by atoms with E-state index in [1.54, 1.807) is 23.8 Å². The van der Waals surface area contributed by atoms with Crippen LogP contribution in [0.15, 0.2) is 68.9 Å². The molecule has 2 aromatic carbocycles. The lowest BCUT2D eigenvalue weighted by atomic mass is 10.1. The van der Waals surface area contributed by atoms with Crippen molar-refractivity contribution in [2.24, 2.45) is 43.3 Å². The molecule has 0 aliphatic carbocycles. The van der Waals surface area contributed by atoms with E-state index in [1.165, 1.54) is 0 Å². The van der Waals surface area contributed by atoms with Crippen molar-refractivity contribution in [1.82, 2.24) is 0 Å². The number of nitrogens with two attached hydrogens (primary N) is 4. The van der Waals surface area contributed by atoms with Crippen LogP contribution in [0.5, 0.6) is 0 Å². The van der Waals surface area contributed by atoms with Gasteiger partial charge in [0, 0.05) is 9.58 Å². The summed E-state index contributed by atoms with van der Waals surface area (Å²) in [7, 11) is 0. The minimum absolute atomic E-state index is 0.0717. The molecule has 0 aliphatic rings. The van der Waals surface area contributed by atoms with Gasteiger partial charge in [0.25, 0.3) is 0 Å². The minimum Gasteiger partial charge on any atom is -0.369 e. The van der Waals surface area contributed by atoms with Gasteiger partial charge in [0.2, 0.25) is 11.9 Å². The summed E-state index contributed by atoms with van der Waals surface area (Å²) in [5.74, 6) is -0.145. The van der Waals surface area contributed by atoms with Crippen molar-refractivity contribution >= 4 is 45.8 Å². The highest BCUT2D eigenvalue weighted by molar-refractivity contribution is 7.22. The molecule has 0 atom stereocenters. The highest BCUT2D eigenvalue weighted by atomic mass is 32.1. The minimum atomic E-state index is -0.0733. The number of hydrogen-bond acceptors (Lipinski definition) is 5. The van der Waals surface area contributed by atoms with Gasteiger partial charge in [-0.25, -0.2) is 0 Å². The maximum atomic E-state index is 5.26. The Morgan fingerprint density at radius 1 is 0.741 bits per heavy atom. The summed E-state index contributed by atoms with van der Waals surface area (Å²) in [4.78, 5) is 1.16. The maximum Gasteiger partial charge on any atom is 0.211 e. The first kappa shape index (κ1) is 18.1. The molecule has 0 saturated carbocycles. The predicted molar refractivity (Wildman–Crippen MR) is 114 cm³/mol. The van der Waals surface area contributed by atoms with Crippen LogP contribution in [0.25, 0.3) is 20.5 Å². The average molecular weight is 378 g/mol. The molecule has 3 aromatic rings. The van der Waals surface area contributed by atoms with Crippen LogP contribution in [-0.4, -0.2) is 24.3 Å². The van der Waals surface area contributed by atoms with Gasteiger partial charge in [-0.05, 0) is 34.2 Å². The van der Waals surface area contributed by atoms with Crippen LogP contribution in [0.3, 0.4) is 0 Å². The zero-order chi connectivity index (χ0) is 19.2. The number of benzene rings is 2. The van der Waals surface area contributed by atoms with Gasteiger partial charge >= 0.3 is 0 Å². The van der Waals surface area contributed by atoms with E-state index in [4.69, 9.17) is 22.9 Å². The molecule has 0 aliphatic heterocycles. The van der Waals surface area contributed by atoms with Crippen molar-refractivity contribution in [3.8, 4) is 10.4 Å². The molecule has 9 heteroatoms. The van der Waals surface area contributed by atoms with Crippen molar-refractivity contribution in [2.45, 2.75) is 0 Å². The lowest BCUT2D eigenvalue weighted by Crippen LogP contribution is -2.21. The van der Waals surface area contributed by atoms with E-state index in [0.29, 0.717) is 0 Å². The second-order valence-corrected chi connectivity index (χ2v) is 6.65. The van der Waals surface area contributed by atoms with Crippen LogP contribution in [0.1, 0.15) is 11.1 Å². The van der Waals surface area contributed by atoms with E-state index in [-0.39, 0.29) is 11.9 Å². The van der Waals surface area contributed by atoms with Gasteiger partial charge in [0.05, 0.1) is 12.4 Å². The molecule has 0 bridgehead atoms. The molecule has 27 heavy (non-hydrogen) atoms. The standard InChI is InChI=1S/C18H18N8S/c19-17(20)25-23-9-11-1-4-13(5-2-11)16-8-14-6-3-12(7-15(14)27-16)10-24-26-18(21)22/h1-10H,(H4,19,20,25)(H4,21,22,26)/b23-9+,24-10?. The zero-order valence-electron chi connectivity index (χ0n) is 14.3. The van der Waals surface area contributed by atoms with Gasteiger partial charge < -0.3 is 22.9 Å². The number of nitrogens with zero attached hydrogens (tertiary/aromatic N) is 4. The van der Waals surface area contributed by atoms with Crippen LogP contribution in [-0.2, 0) is 0 Å². The number of thiophene rings is 1. The summed E-state index contributed by atoms with van der Waals surface area (Å²) < 4.78 is 1.15. The Hall–Kier alpha value is -3.72. The molecule has 8 N–H and O–H groups in total. The Kier molecular flexibility index (Phi) is 5.43. The van der Waals surface area contributed by atoms with E-state index in [0.717, 1.165) is 31.7 Å². The average Bonchev–Trinajstić information content (AvgIpc) is 3.05. The van der Waals surface area contributed by atoms with Gasteiger partial charge in [-0.2, -0.15) is 10.2 Å². The van der Waals surface area contributed by atoms with Crippen LogP contribution >= 0.6 is 11.3 Å². The second kappa shape index (κ2) is 8.11. The quantitative estimate of drug-likeness (QED) is 0.303. The van der Waals surface area contributed by atoms with Crippen molar-refractivity contribution < 1.29 is 0 Å². The third-order valence-electron chi connectivity index (χ3n) is 3.50. The molecule has 0 saturated heterocycles. The van der Waals surface area contributed by atoms with Gasteiger partial charge in [-0.15, -0.1) is 21.5 Å². The Morgan fingerprint density at radius 3 is 1.96 bits per heavy atom. The molecule has 0 radical (unpaired) electrons. The molecular weight excluding hydrogens is 360 g/mol. The van der Waals surface area contributed by atoms with Crippen LogP contribution in [0.2, 0.25) is 0 Å². The molecule has 1 heterocycles. The summed E-state index contributed by atoms with van der Waals surface area (Å²) in [6, 6.07) is 16.2. The van der Waals surface area contributed by atoms with Gasteiger partial charge in [0.1, 0.15) is 0 Å². The fourth-order valence-corrected chi connectivity index (χ4v) is 3.44. The van der Waals surface area contributed by atoms with E-state index < -0.39 is 0 Å². The van der Waals surface area contributed by atoms with Crippen LogP contribution in [0.4, 0.5) is 0 Å². The van der Waals surface area contributed by atoms with Gasteiger partial charge in [-0.1, -0.05) is 36.4 Å². The maximum absolute atomic E-state index is 5.26. The topological polar surface area (TPSA) is 154 Å². The Bertz CT molecular complexity index is 1050. The lowest BCUT2D eigenvalue weighted by molar-refractivity contribution is 1.21. The summed E-state index contributed by atoms with van der Waals surface area (Å²) in [6.45, 7) is 0. The van der Waals surface area contributed by atoms with Gasteiger partial charge in [0.15, 0.2) is 0 Å². The summed E-state index contributed by atoms with van der Waals surface area (Å²) in [5.41, 5.74) is 23.9. The van der Waals surface area contributed by atoms with E-state index in [9.17, 15) is 0 Å². The molecule has 1 aromatic heterocycles. The number of rotatable bonds is 5. The van der Waals surface area contributed by atoms with E-state index >= 15 is 0 Å². The van der Waals surface area contributed by atoms with Gasteiger partial charge in [-0.3, -0.25) is 0 Å². The van der Waals surface area contributed by atoms with Crippen molar-refractivity contribution in [3.63, 3.8) is 0 Å². The Labute approximate surface area is 159 Å². The SMILES string of the molecule is NC(N)=NN=Cc1ccc2cc(-c3ccc(/C=N/N=C(N)N)cc3)sc2c1. The highest BCUT2D eigenvalue weighted by Gasteiger charge is 2.05. The van der Waals surface area contributed by atoms with Crippen molar-refractivity contribution in [3.05, 3.63) is 59.7 Å². The Balaban J connectivity index is 1.82. The second-order valence-electron chi connectivity index (χ2n) is 5.57. The van der Waals surface area contributed by atoms with E-state index in [1.807, 2.05) is 42.5 Å². The molecule has 0 amide bonds. The largest absolute Gasteiger partial charge is 0.369 e. The third kappa shape index (κ3) is 4.89. The van der Waals surface area contributed by atoms with Crippen LogP contribution < -0.4 is 22.9 Å². The van der Waals surface area contributed by atoms with Crippen molar-refractivity contribution in [1.29, 1.82) is 0 Å². The molecule has 136 valence electrons. The smallest absolute Gasteiger partial charge is 0.211 e. The number of guanidine groups is 2. The fourth-order valence-electron chi connectivity index (χ4n) is 2.33. The molecule has 3 rings (SSSR count). The fraction of sp³-hybridized carbons (Fsp3) is 0. The molecular formula is C18H18N8S. The summed E-state index contributed by atoms with van der Waals surface area (Å²) in [6.07, 6.45) is 3.21. The molecule has 0 spiro atoms. The number of fused-ring (bicyclic) bond motifs is 1. The highest BCUT2D eigenvalue weighted by Crippen LogP contribution is 2.33. The molecule has 0 fully saturated rings. The lowest BCUT2D eigenvalue weighted by Gasteiger charge is -1.97. The molecule has 0 unspecified atom stereocenters. The third-order valence-corrected chi connectivity index (χ3v) is 4.65. The number of hydrogen-bond donors (Lipinski definition) is 4. The normalized spacial score (nSPS) is 11.3. The summed E-state index contributed by atoms with van der Waals surface area (Å²) >= 11 is 1.70.